The van der Waals surface area contributed by atoms with E-state index in [0.29, 0.717) is 32.7 Å². The van der Waals surface area contributed by atoms with Crippen LogP contribution in [0.4, 0.5) is 5.69 Å². The van der Waals surface area contributed by atoms with Gasteiger partial charge in [-0.2, -0.15) is 0 Å². The second-order valence-corrected chi connectivity index (χ2v) is 7.37. The number of carbonyl (C=O) groups excluding carboxylic acids is 2. The summed E-state index contributed by atoms with van der Waals surface area (Å²) in [7, 11) is 0. The third kappa shape index (κ3) is 4.32. The summed E-state index contributed by atoms with van der Waals surface area (Å²) in [5.74, 6) is 1.57. The van der Waals surface area contributed by atoms with Crippen LogP contribution in [0, 0.1) is 0 Å². The molecule has 0 spiro atoms. The van der Waals surface area contributed by atoms with Gasteiger partial charge in [-0.3, -0.25) is 9.59 Å². The minimum absolute atomic E-state index is 0.0642. The smallest absolute Gasteiger partial charge is 0.246 e. The van der Waals surface area contributed by atoms with Crippen LogP contribution in [0.2, 0.25) is 0 Å². The van der Waals surface area contributed by atoms with E-state index in [1.807, 2.05) is 54.3 Å². The van der Waals surface area contributed by atoms with Crippen LogP contribution in [0.5, 0.6) is 11.5 Å². The molecule has 0 saturated carbocycles. The Labute approximate surface area is 176 Å². The zero-order valence-corrected chi connectivity index (χ0v) is 17.2. The summed E-state index contributed by atoms with van der Waals surface area (Å²) in [4.78, 5) is 28.2. The molecule has 1 saturated heterocycles. The Morgan fingerprint density at radius 3 is 2.67 bits per heavy atom. The molecule has 6 nitrogen and oxygen atoms in total. The lowest BCUT2D eigenvalue weighted by molar-refractivity contribution is -0.126. The van der Waals surface area contributed by atoms with Crippen molar-refractivity contribution < 1.29 is 19.1 Å². The van der Waals surface area contributed by atoms with Crippen LogP contribution < -0.4 is 14.4 Å². The van der Waals surface area contributed by atoms with Gasteiger partial charge in [0, 0.05) is 43.4 Å². The van der Waals surface area contributed by atoms with Gasteiger partial charge in [-0.1, -0.05) is 24.3 Å². The van der Waals surface area contributed by atoms with E-state index in [2.05, 4.69) is 0 Å². The Kier molecular flexibility index (Phi) is 6.02. The first kappa shape index (κ1) is 20.0. The van der Waals surface area contributed by atoms with E-state index in [-0.39, 0.29) is 11.8 Å². The molecule has 0 radical (unpaired) electrons. The van der Waals surface area contributed by atoms with Gasteiger partial charge in [0.15, 0.2) is 11.5 Å². The van der Waals surface area contributed by atoms with Crippen molar-refractivity contribution in [2.45, 2.75) is 26.3 Å². The predicted molar refractivity (Wildman–Crippen MR) is 116 cm³/mol. The van der Waals surface area contributed by atoms with Gasteiger partial charge in [0.05, 0.1) is 0 Å². The van der Waals surface area contributed by atoms with Crippen molar-refractivity contribution >= 4 is 23.6 Å². The number of anilines is 1. The lowest BCUT2D eigenvalue weighted by Gasteiger charge is -2.24. The number of hydrogen-bond donors (Lipinski definition) is 0. The molecule has 6 heteroatoms. The number of amides is 2. The van der Waals surface area contributed by atoms with Crippen LogP contribution in [-0.2, 0) is 16.1 Å². The summed E-state index contributed by atoms with van der Waals surface area (Å²) in [6.07, 6.45) is 4.92. The van der Waals surface area contributed by atoms with Gasteiger partial charge in [0.25, 0.3) is 0 Å². The van der Waals surface area contributed by atoms with Crippen LogP contribution in [0.25, 0.3) is 6.08 Å². The van der Waals surface area contributed by atoms with E-state index in [1.165, 1.54) is 0 Å². The molecule has 0 bridgehead atoms. The zero-order valence-electron chi connectivity index (χ0n) is 17.2. The molecule has 0 N–H and O–H groups in total. The van der Waals surface area contributed by atoms with Crippen molar-refractivity contribution in [3.05, 3.63) is 59.7 Å². The monoisotopic (exact) mass is 406 g/mol. The highest BCUT2D eigenvalue weighted by Gasteiger charge is 2.21. The third-order valence-corrected chi connectivity index (χ3v) is 5.40. The first-order valence-corrected chi connectivity index (χ1v) is 10.4. The fourth-order valence-electron chi connectivity index (χ4n) is 3.77. The number of nitrogens with zero attached hydrogens (tertiary/aromatic N) is 2. The molecule has 1 fully saturated rings. The molecular weight excluding hydrogens is 380 g/mol. The molecule has 156 valence electrons. The Morgan fingerprint density at radius 1 is 1.13 bits per heavy atom. The van der Waals surface area contributed by atoms with E-state index >= 15 is 0 Å². The highest BCUT2D eigenvalue weighted by Crippen LogP contribution is 2.34. The standard InChI is InChI=1S/C24H26N2O4/c1-2-25(17-19-5-3-6-21-24(19)30-16-15-29-21)22(27)13-10-18-8-11-20(12-9-18)26-14-4-7-23(26)28/h3,5-6,8-13H,2,4,7,14-17H2,1H3/b13-10+. The summed E-state index contributed by atoms with van der Waals surface area (Å²) in [6.45, 7) is 4.84. The first-order chi connectivity index (χ1) is 14.7. The Balaban J connectivity index is 1.42. The third-order valence-electron chi connectivity index (χ3n) is 5.40. The minimum Gasteiger partial charge on any atom is -0.486 e. The molecule has 30 heavy (non-hydrogen) atoms. The fourth-order valence-corrected chi connectivity index (χ4v) is 3.77. The van der Waals surface area contributed by atoms with E-state index in [9.17, 15) is 9.59 Å². The molecular formula is C24H26N2O4. The van der Waals surface area contributed by atoms with E-state index in [0.717, 1.165) is 41.3 Å². The van der Waals surface area contributed by atoms with Crippen molar-refractivity contribution in [1.29, 1.82) is 0 Å². The van der Waals surface area contributed by atoms with Crippen LogP contribution in [-0.4, -0.2) is 43.0 Å². The maximum Gasteiger partial charge on any atom is 0.246 e. The molecule has 2 aliphatic rings. The van der Waals surface area contributed by atoms with Crippen molar-refractivity contribution in [1.82, 2.24) is 4.90 Å². The SMILES string of the molecule is CCN(Cc1cccc2c1OCCO2)C(=O)/C=C/c1ccc(N2CCCC2=O)cc1. The molecule has 0 unspecified atom stereocenters. The van der Waals surface area contributed by atoms with Crippen LogP contribution in [0.3, 0.4) is 0 Å². The largest absolute Gasteiger partial charge is 0.486 e. The average molecular weight is 406 g/mol. The Hall–Kier alpha value is -3.28. The minimum atomic E-state index is -0.0642. The van der Waals surface area contributed by atoms with Gasteiger partial charge < -0.3 is 19.3 Å². The second-order valence-electron chi connectivity index (χ2n) is 7.37. The number of fused-ring (bicyclic) bond motifs is 1. The lowest BCUT2D eigenvalue weighted by Crippen LogP contribution is -2.29. The summed E-state index contributed by atoms with van der Waals surface area (Å²) in [5, 5.41) is 0. The normalized spacial score (nSPS) is 15.6. The molecule has 2 aromatic carbocycles. The van der Waals surface area contributed by atoms with Crippen LogP contribution in [0.15, 0.2) is 48.5 Å². The number of ether oxygens (including phenoxy) is 2. The topological polar surface area (TPSA) is 59.1 Å². The fraction of sp³-hybridized carbons (Fsp3) is 0.333. The molecule has 4 rings (SSSR count). The van der Waals surface area contributed by atoms with Gasteiger partial charge in [0.1, 0.15) is 13.2 Å². The Bertz CT molecular complexity index is 952. The molecule has 0 atom stereocenters. The number of hydrogen-bond acceptors (Lipinski definition) is 4. The van der Waals surface area contributed by atoms with Gasteiger partial charge in [-0.15, -0.1) is 0 Å². The highest BCUT2D eigenvalue weighted by molar-refractivity contribution is 5.95. The summed E-state index contributed by atoms with van der Waals surface area (Å²) in [6, 6.07) is 13.5. The molecule has 2 aromatic rings. The van der Waals surface area contributed by atoms with Crippen molar-refractivity contribution in [2.24, 2.45) is 0 Å². The van der Waals surface area contributed by atoms with Crippen molar-refractivity contribution in [2.75, 3.05) is 31.2 Å². The molecule has 2 heterocycles. The van der Waals surface area contributed by atoms with Crippen LogP contribution in [0.1, 0.15) is 30.9 Å². The number of carbonyl (C=O) groups is 2. The van der Waals surface area contributed by atoms with Crippen LogP contribution >= 0.6 is 0 Å². The van der Waals surface area contributed by atoms with E-state index in [4.69, 9.17) is 9.47 Å². The van der Waals surface area contributed by atoms with Gasteiger partial charge in [-0.25, -0.2) is 0 Å². The maximum atomic E-state index is 12.8. The summed E-state index contributed by atoms with van der Waals surface area (Å²) in [5.41, 5.74) is 2.77. The van der Waals surface area contributed by atoms with Gasteiger partial charge >= 0.3 is 0 Å². The van der Waals surface area contributed by atoms with Crippen molar-refractivity contribution in [3.8, 4) is 11.5 Å². The summed E-state index contributed by atoms with van der Waals surface area (Å²) >= 11 is 0. The molecule has 2 aliphatic heterocycles. The number of likely N-dealkylation sites (N-methyl/N-ethyl adjacent to an activating group) is 1. The first-order valence-electron chi connectivity index (χ1n) is 10.4. The molecule has 0 aromatic heterocycles. The number of para-hydroxylation sites is 1. The predicted octanol–water partition coefficient (Wildman–Crippen LogP) is 3.65. The van der Waals surface area contributed by atoms with Gasteiger partial charge in [0.2, 0.25) is 11.8 Å². The second kappa shape index (κ2) is 9.03. The maximum absolute atomic E-state index is 12.8. The zero-order chi connectivity index (χ0) is 20.9. The number of rotatable bonds is 6. The average Bonchev–Trinajstić information content (AvgIpc) is 3.22. The Morgan fingerprint density at radius 2 is 1.93 bits per heavy atom. The highest BCUT2D eigenvalue weighted by atomic mass is 16.6. The van der Waals surface area contributed by atoms with E-state index in [1.54, 1.807) is 17.1 Å². The quantitative estimate of drug-likeness (QED) is 0.687. The number of benzene rings is 2. The lowest BCUT2D eigenvalue weighted by atomic mass is 10.1. The van der Waals surface area contributed by atoms with E-state index < -0.39 is 0 Å². The van der Waals surface area contributed by atoms with Crippen molar-refractivity contribution in [3.63, 3.8) is 0 Å². The summed E-state index contributed by atoms with van der Waals surface area (Å²) < 4.78 is 11.4. The molecule has 2 amide bonds. The van der Waals surface area contributed by atoms with Gasteiger partial charge in [-0.05, 0) is 43.2 Å². The molecule has 0 aliphatic carbocycles.